The molecule has 0 aromatic heterocycles. The van der Waals surface area contributed by atoms with Gasteiger partial charge in [0.15, 0.2) is 15.8 Å². The normalized spacial score (nSPS) is 27.0. The lowest BCUT2D eigenvalue weighted by atomic mass is 9.75. The average Bonchev–Trinajstić information content (AvgIpc) is 2.83. The summed E-state index contributed by atoms with van der Waals surface area (Å²) in [5.41, 5.74) is 1.46. The highest BCUT2D eigenvalue weighted by Crippen LogP contribution is 2.34. The summed E-state index contributed by atoms with van der Waals surface area (Å²) in [6.45, 7) is 11.8. The van der Waals surface area contributed by atoms with Gasteiger partial charge in [0.2, 0.25) is 0 Å². The summed E-state index contributed by atoms with van der Waals surface area (Å²) in [4.78, 5) is 4.60. The molecule has 1 heterocycles. The van der Waals surface area contributed by atoms with E-state index < -0.39 is 9.84 Å². The summed E-state index contributed by atoms with van der Waals surface area (Å²) >= 11 is 0. The first-order valence-corrected chi connectivity index (χ1v) is 10.9. The number of nitrogens with zero attached hydrogens (tertiary/aromatic N) is 1. The number of nitrogens with one attached hydrogen (secondary N) is 2. The van der Waals surface area contributed by atoms with Crippen LogP contribution in [-0.2, 0) is 9.84 Å². The fourth-order valence-electron chi connectivity index (χ4n) is 3.38. The lowest BCUT2D eigenvalue weighted by Gasteiger charge is -2.35. The first-order valence-electron chi connectivity index (χ1n) is 9.05. The first kappa shape index (κ1) is 19.3. The van der Waals surface area contributed by atoms with Crippen LogP contribution in [0.4, 0.5) is 0 Å². The molecule has 2 N–H and O–H groups in total. The lowest BCUT2D eigenvalue weighted by molar-refractivity contribution is 0.216. The summed E-state index contributed by atoms with van der Waals surface area (Å²) in [5, 5.41) is 6.90. The van der Waals surface area contributed by atoms with Gasteiger partial charge in [-0.15, -0.1) is 0 Å². The second-order valence-electron chi connectivity index (χ2n) is 8.35. The van der Waals surface area contributed by atoms with E-state index in [4.69, 9.17) is 0 Å². The third kappa shape index (κ3) is 6.46. The maximum Gasteiger partial charge on any atom is 0.191 e. The Morgan fingerprint density at radius 1 is 1.25 bits per heavy atom. The van der Waals surface area contributed by atoms with Crippen LogP contribution >= 0.6 is 0 Å². The second kappa shape index (κ2) is 7.89. The van der Waals surface area contributed by atoms with Gasteiger partial charge in [-0.3, -0.25) is 0 Å². The Hall–Kier alpha value is -1.04. The van der Waals surface area contributed by atoms with Gasteiger partial charge in [0.25, 0.3) is 0 Å². The molecule has 2 aliphatic rings. The van der Waals surface area contributed by atoms with E-state index in [2.05, 4.69) is 36.1 Å². The van der Waals surface area contributed by atoms with E-state index in [1.54, 1.807) is 0 Å². The Morgan fingerprint density at radius 3 is 2.46 bits per heavy atom. The lowest BCUT2D eigenvalue weighted by Crippen LogP contribution is -2.47. The highest BCUT2D eigenvalue weighted by Gasteiger charge is 2.29. The van der Waals surface area contributed by atoms with Crippen LogP contribution in [0.5, 0.6) is 0 Å². The summed E-state index contributed by atoms with van der Waals surface area (Å²) < 4.78 is 23.2. The van der Waals surface area contributed by atoms with Gasteiger partial charge in [0.05, 0.1) is 18.1 Å². The largest absolute Gasteiger partial charge is 0.356 e. The molecule has 1 aliphatic carbocycles. The summed E-state index contributed by atoms with van der Waals surface area (Å²) in [7, 11) is -2.82. The Balaban J connectivity index is 1.88. The molecule has 0 aromatic rings. The van der Waals surface area contributed by atoms with Crippen molar-refractivity contribution in [1.29, 1.82) is 0 Å². The molecule has 5 nitrogen and oxygen atoms in total. The molecular weight excluding hydrogens is 322 g/mol. The van der Waals surface area contributed by atoms with Crippen molar-refractivity contribution in [2.24, 2.45) is 16.3 Å². The second-order valence-corrected chi connectivity index (χ2v) is 10.6. The Kier molecular flexibility index (Phi) is 6.34. The summed E-state index contributed by atoms with van der Waals surface area (Å²) in [6.07, 6.45) is 5.50. The van der Waals surface area contributed by atoms with Crippen LogP contribution in [0.15, 0.2) is 17.1 Å². The molecule has 1 atom stereocenters. The third-order valence-corrected chi connectivity index (χ3v) is 6.91. The van der Waals surface area contributed by atoms with Gasteiger partial charge in [-0.2, -0.15) is 0 Å². The molecule has 0 radical (unpaired) electrons. The Labute approximate surface area is 147 Å². The molecular formula is C18H33N3O2S. The molecule has 2 rings (SSSR count). The van der Waals surface area contributed by atoms with Gasteiger partial charge in [0, 0.05) is 12.6 Å². The van der Waals surface area contributed by atoms with Crippen molar-refractivity contribution in [1.82, 2.24) is 10.6 Å². The maximum atomic E-state index is 11.6. The predicted octanol–water partition coefficient (Wildman–Crippen LogP) is 2.50. The number of sulfone groups is 1. The minimum Gasteiger partial charge on any atom is -0.356 e. The predicted molar refractivity (Wildman–Crippen MR) is 101 cm³/mol. The van der Waals surface area contributed by atoms with Gasteiger partial charge >= 0.3 is 0 Å². The maximum absolute atomic E-state index is 11.6. The van der Waals surface area contributed by atoms with Crippen molar-refractivity contribution >= 4 is 15.8 Å². The van der Waals surface area contributed by atoms with Crippen molar-refractivity contribution in [3.05, 3.63) is 12.2 Å². The molecule has 1 saturated carbocycles. The van der Waals surface area contributed by atoms with Crippen LogP contribution in [0, 0.1) is 11.3 Å². The fourth-order valence-corrected chi connectivity index (χ4v) is 5.24. The van der Waals surface area contributed by atoms with Gasteiger partial charge < -0.3 is 10.6 Å². The minimum absolute atomic E-state index is 0.192. The zero-order valence-corrected chi connectivity index (χ0v) is 16.2. The molecule has 24 heavy (non-hydrogen) atoms. The molecule has 0 bridgehead atoms. The quantitative estimate of drug-likeness (QED) is 0.452. The Bertz CT molecular complexity index is 571. The van der Waals surface area contributed by atoms with Crippen LogP contribution in [0.2, 0.25) is 0 Å². The van der Waals surface area contributed by atoms with Gasteiger partial charge in [-0.1, -0.05) is 26.0 Å². The van der Waals surface area contributed by atoms with Crippen molar-refractivity contribution < 1.29 is 8.42 Å². The van der Waals surface area contributed by atoms with Crippen molar-refractivity contribution in [3.63, 3.8) is 0 Å². The topological polar surface area (TPSA) is 70.6 Å². The molecule has 2 fully saturated rings. The highest BCUT2D eigenvalue weighted by atomic mass is 32.2. The number of rotatable bonds is 5. The van der Waals surface area contributed by atoms with Crippen LogP contribution < -0.4 is 10.6 Å². The molecule has 1 saturated heterocycles. The summed E-state index contributed by atoms with van der Waals surface area (Å²) in [5.74, 6) is 1.61. The van der Waals surface area contributed by atoms with Crippen LogP contribution in [0.3, 0.4) is 0 Å². The van der Waals surface area contributed by atoms with Crippen LogP contribution in [-0.4, -0.2) is 45.0 Å². The highest BCUT2D eigenvalue weighted by molar-refractivity contribution is 7.91. The van der Waals surface area contributed by atoms with Crippen LogP contribution in [0.1, 0.15) is 52.9 Å². The standard InChI is InChI=1S/C18H33N3O2S/c1-14(2)11-19-17(20-12-15-7-10-24(22,23)13-15)21-16-5-8-18(3,4)9-6-16/h15-16H,1,5-13H2,2-4H3,(H2,19,20,21). The smallest absolute Gasteiger partial charge is 0.191 e. The van der Waals surface area contributed by atoms with Crippen molar-refractivity contribution in [3.8, 4) is 0 Å². The van der Waals surface area contributed by atoms with Crippen molar-refractivity contribution in [2.45, 2.75) is 58.9 Å². The molecule has 138 valence electrons. The van der Waals surface area contributed by atoms with E-state index in [0.717, 1.165) is 30.8 Å². The van der Waals surface area contributed by atoms with E-state index in [-0.39, 0.29) is 5.92 Å². The molecule has 0 spiro atoms. The molecule has 1 unspecified atom stereocenters. The fraction of sp³-hybridized carbons (Fsp3) is 0.833. The number of hydrogen-bond acceptors (Lipinski definition) is 3. The van der Waals surface area contributed by atoms with E-state index in [0.29, 0.717) is 36.1 Å². The zero-order chi connectivity index (χ0) is 17.8. The van der Waals surface area contributed by atoms with Gasteiger partial charge in [0.1, 0.15) is 0 Å². The minimum atomic E-state index is -2.82. The summed E-state index contributed by atoms with van der Waals surface area (Å²) in [6, 6.07) is 0.446. The van der Waals surface area contributed by atoms with Gasteiger partial charge in [-0.25, -0.2) is 13.4 Å². The molecule has 6 heteroatoms. The van der Waals surface area contributed by atoms with E-state index >= 15 is 0 Å². The van der Waals surface area contributed by atoms with E-state index in [1.807, 2.05) is 6.92 Å². The SMILES string of the molecule is C=C(C)CN=C(NCC1CCS(=O)(=O)C1)NC1CCC(C)(C)CC1. The van der Waals surface area contributed by atoms with Crippen LogP contribution in [0.25, 0.3) is 0 Å². The molecule has 0 amide bonds. The molecule has 1 aliphatic heterocycles. The van der Waals surface area contributed by atoms with Gasteiger partial charge in [-0.05, 0) is 50.4 Å². The third-order valence-electron chi connectivity index (χ3n) is 5.07. The number of hydrogen-bond donors (Lipinski definition) is 2. The Morgan fingerprint density at radius 2 is 1.92 bits per heavy atom. The number of aliphatic imine (C=N–C) groups is 1. The van der Waals surface area contributed by atoms with E-state index in [1.165, 1.54) is 12.8 Å². The first-order chi connectivity index (χ1) is 11.2. The molecule has 0 aromatic carbocycles. The zero-order valence-electron chi connectivity index (χ0n) is 15.4. The number of guanidine groups is 1. The average molecular weight is 356 g/mol. The van der Waals surface area contributed by atoms with E-state index in [9.17, 15) is 8.42 Å². The van der Waals surface area contributed by atoms with Crippen molar-refractivity contribution in [2.75, 3.05) is 24.6 Å². The monoisotopic (exact) mass is 355 g/mol.